The summed E-state index contributed by atoms with van der Waals surface area (Å²) in [6, 6.07) is 0. The first-order valence-electron chi connectivity index (χ1n) is 6.26. The molecule has 2 aliphatic rings. The molecule has 0 aromatic carbocycles. The van der Waals surface area contributed by atoms with Crippen molar-refractivity contribution < 1.29 is 24.5 Å². The molecule has 0 amide bonds. The number of aliphatic imine (C=N–C) groups is 1. The molecule has 0 radical (unpaired) electrons. The number of carbonyl (C=O) groups excluding carboxylic acids is 1. The molecule has 1 unspecified atom stereocenters. The zero-order chi connectivity index (χ0) is 14.0. The molecule has 1 saturated heterocycles. The molecule has 0 aromatic heterocycles. The average Bonchev–Trinajstić information content (AvgIpc) is 2.96. The molecule has 106 valence electrons. The fourth-order valence-electron chi connectivity index (χ4n) is 2.33. The molecule has 5 atom stereocenters. The van der Waals surface area contributed by atoms with Gasteiger partial charge in [0.25, 0.3) is 0 Å². The number of nitrogens with zero attached hydrogens (tertiary/aromatic N) is 1. The zero-order valence-electron chi connectivity index (χ0n) is 10.6. The first kappa shape index (κ1) is 14.5. The second kappa shape index (κ2) is 6.02. The SMILES string of the molecule is C[C@@H](O)[C@@H](C=O)[C@@H]1N=C(C(=O)O)C([C@H]2CCCO2)S1. The summed E-state index contributed by atoms with van der Waals surface area (Å²) in [5, 5.41) is 17.9. The van der Waals surface area contributed by atoms with Crippen LogP contribution in [-0.2, 0) is 14.3 Å². The van der Waals surface area contributed by atoms with E-state index in [2.05, 4.69) is 4.99 Å². The molecule has 7 heteroatoms. The van der Waals surface area contributed by atoms with Gasteiger partial charge in [-0.25, -0.2) is 4.79 Å². The molecular formula is C12H17NO5S. The zero-order valence-corrected chi connectivity index (χ0v) is 11.4. The van der Waals surface area contributed by atoms with Crippen molar-refractivity contribution in [3.63, 3.8) is 0 Å². The smallest absolute Gasteiger partial charge is 0.351 e. The van der Waals surface area contributed by atoms with Crippen molar-refractivity contribution in [2.45, 2.75) is 42.6 Å². The van der Waals surface area contributed by atoms with Crippen molar-refractivity contribution in [1.82, 2.24) is 0 Å². The van der Waals surface area contributed by atoms with E-state index in [9.17, 15) is 19.8 Å². The normalized spacial score (nSPS) is 33.8. The Morgan fingerprint density at radius 3 is 2.84 bits per heavy atom. The monoisotopic (exact) mass is 287 g/mol. The molecule has 0 bridgehead atoms. The van der Waals surface area contributed by atoms with Crippen LogP contribution in [-0.4, -0.2) is 57.6 Å². The topological polar surface area (TPSA) is 96.2 Å². The van der Waals surface area contributed by atoms with Gasteiger partial charge in [0, 0.05) is 6.61 Å². The van der Waals surface area contributed by atoms with Crippen LogP contribution in [0.15, 0.2) is 4.99 Å². The molecule has 2 rings (SSSR count). The molecule has 2 heterocycles. The van der Waals surface area contributed by atoms with Crippen LogP contribution in [0.2, 0.25) is 0 Å². The van der Waals surface area contributed by atoms with Crippen LogP contribution in [0.1, 0.15) is 19.8 Å². The Kier molecular flexibility index (Phi) is 4.59. The maximum Gasteiger partial charge on any atom is 0.351 e. The summed E-state index contributed by atoms with van der Waals surface area (Å²) in [5.74, 6) is -1.77. The van der Waals surface area contributed by atoms with Gasteiger partial charge in [-0.05, 0) is 19.8 Å². The van der Waals surface area contributed by atoms with E-state index >= 15 is 0 Å². The molecule has 0 aromatic rings. The molecule has 6 nitrogen and oxygen atoms in total. The molecule has 2 aliphatic heterocycles. The lowest BCUT2D eigenvalue weighted by atomic mass is 10.1. The molecular weight excluding hydrogens is 270 g/mol. The van der Waals surface area contributed by atoms with Crippen LogP contribution >= 0.6 is 11.8 Å². The molecule has 0 saturated carbocycles. The lowest BCUT2D eigenvalue weighted by Crippen LogP contribution is -2.33. The van der Waals surface area contributed by atoms with Crippen molar-refractivity contribution >= 4 is 29.7 Å². The highest BCUT2D eigenvalue weighted by atomic mass is 32.2. The first-order chi connectivity index (χ1) is 9.04. The van der Waals surface area contributed by atoms with Crippen molar-refractivity contribution in [2.24, 2.45) is 10.9 Å². The minimum absolute atomic E-state index is 0.0504. The number of carboxylic acid groups (broad SMARTS) is 1. The summed E-state index contributed by atoms with van der Waals surface area (Å²) in [4.78, 5) is 26.4. The maximum atomic E-state index is 11.2. The van der Waals surface area contributed by atoms with Crippen molar-refractivity contribution in [2.75, 3.05) is 6.61 Å². The first-order valence-corrected chi connectivity index (χ1v) is 7.20. The van der Waals surface area contributed by atoms with E-state index < -0.39 is 23.4 Å². The van der Waals surface area contributed by atoms with Crippen LogP contribution in [0.3, 0.4) is 0 Å². The summed E-state index contributed by atoms with van der Waals surface area (Å²) in [6.45, 7) is 2.14. The number of carboxylic acids is 1. The highest BCUT2D eigenvalue weighted by molar-refractivity contribution is 8.01. The van der Waals surface area contributed by atoms with E-state index in [0.29, 0.717) is 12.9 Å². The van der Waals surface area contributed by atoms with Crippen LogP contribution in [0, 0.1) is 5.92 Å². The average molecular weight is 287 g/mol. The number of carbonyl (C=O) groups is 2. The minimum atomic E-state index is -1.08. The number of aldehydes is 1. The Hall–Kier alpha value is -0.920. The number of ether oxygens (including phenoxy) is 1. The van der Waals surface area contributed by atoms with Gasteiger partial charge in [-0.1, -0.05) is 0 Å². The van der Waals surface area contributed by atoms with E-state index in [4.69, 9.17) is 4.74 Å². The van der Waals surface area contributed by atoms with E-state index in [1.165, 1.54) is 18.7 Å². The number of rotatable bonds is 5. The van der Waals surface area contributed by atoms with E-state index in [0.717, 1.165) is 12.8 Å². The number of aliphatic hydroxyl groups excluding tert-OH is 1. The van der Waals surface area contributed by atoms with Gasteiger partial charge in [-0.2, -0.15) is 0 Å². The fraction of sp³-hybridized carbons (Fsp3) is 0.750. The highest BCUT2D eigenvalue weighted by Gasteiger charge is 2.43. The van der Waals surface area contributed by atoms with Gasteiger partial charge >= 0.3 is 5.97 Å². The van der Waals surface area contributed by atoms with Crippen LogP contribution in [0.4, 0.5) is 0 Å². The van der Waals surface area contributed by atoms with Crippen molar-refractivity contribution in [3.05, 3.63) is 0 Å². The molecule has 0 aliphatic carbocycles. The Bertz CT molecular complexity index is 392. The molecule has 2 N–H and O–H groups in total. The van der Waals surface area contributed by atoms with Crippen LogP contribution in [0.5, 0.6) is 0 Å². The third-order valence-electron chi connectivity index (χ3n) is 3.39. The fourth-order valence-corrected chi connectivity index (χ4v) is 3.96. The summed E-state index contributed by atoms with van der Waals surface area (Å²) < 4.78 is 5.52. The van der Waals surface area contributed by atoms with Gasteiger partial charge in [0.05, 0.1) is 23.4 Å². The lowest BCUT2D eigenvalue weighted by Gasteiger charge is -2.21. The van der Waals surface area contributed by atoms with Crippen LogP contribution < -0.4 is 0 Å². The number of thioether (sulfide) groups is 1. The Morgan fingerprint density at radius 2 is 2.37 bits per heavy atom. The van der Waals surface area contributed by atoms with E-state index in [1.807, 2.05) is 0 Å². The predicted octanol–water partition coefficient (Wildman–Crippen LogP) is 0.328. The number of aliphatic hydroxyl groups is 1. The molecule has 1 fully saturated rings. The molecule has 19 heavy (non-hydrogen) atoms. The third kappa shape index (κ3) is 2.98. The van der Waals surface area contributed by atoms with E-state index in [1.54, 1.807) is 0 Å². The predicted molar refractivity (Wildman–Crippen MR) is 70.4 cm³/mol. The summed E-state index contributed by atoms with van der Waals surface area (Å²) in [7, 11) is 0. The van der Waals surface area contributed by atoms with E-state index in [-0.39, 0.29) is 17.1 Å². The minimum Gasteiger partial charge on any atom is -0.477 e. The van der Waals surface area contributed by atoms with Crippen molar-refractivity contribution in [3.8, 4) is 0 Å². The number of hydrogen-bond donors (Lipinski definition) is 2. The third-order valence-corrected chi connectivity index (χ3v) is 4.91. The summed E-state index contributed by atoms with van der Waals surface area (Å²) >= 11 is 1.30. The summed E-state index contributed by atoms with van der Waals surface area (Å²) in [6.07, 6.45) is 1.34. The van der Waals surface area contributed by atoms with Crippen LogP contribution in [0.25, 0.3) is 0 Å². The Labute approximate surface area is 115 Å². The summed E-state index contributed by atoms with van der Waals surface area (Å²) in [5.41, 5.74) is 0.0504. The largest absolute Gasteiger partial charge is 0.477 e. The maximum absolute atomic E-state index is 11.2. The number of aliphatic carboxylic acids is 1. The van der Waals surface area contributed by atoms with Crippen molar-refractivity contribution in [1.29, 1.82) is 0 Å². The second-order valence-electron chi connectivity index (χ2n) is 4.77. The lowest BCUT2D eigenvalue weighted by molar-refractivity contribution is -0.129. The quantitative estimate of drug-likeness (QED) is 0.707. The van der Waals surface area contributed by atoms with Gasteiger partial charge in [0.2, 0.25) is 0 Å². The highest BCUT2D eigenvalue weighted by Crippen LogP contribution is 2.38. The molecule has 0 spiro atoms. The number of hydrogen-bond acceptors (Lipinski definition) is 6. The Morgan fingerprint density at radius 1 is 1.63 bits per heavy atom. The van der Waals surface area contributed by atoms with Gasteiger partial charge in [0.1, 0.15) is 17.4 Å². The standard InChI is InChI=1S/C12H17NO5S/c1-6(15)7(5-14)11-13-9(12(16)17)10(19-11)8-3-2-4-18-8/h5-8,10-11,15H,2-4H2,1H3,(H,16,17)/t6-,7-,8-,10?,11-/m1/s1. The Balaban J connectivity index is 2.17. The van der Waals surface area contributed by atoms with Gasteiger partial charge < -0.3 is 19.7 Å². The second-order valence-corrected chi connectivity index (χ2v) is 6.04. The van der Waals surface area contributed by atoms with Gasteiger partial charge in [-0.15, -0.1) is 11.8 Å². The van der Waals surface area contributed by atoms with Gasteiger partial charge in [0.15, 0.2) is 0 Å². The van der Waals surface area contributed by atoms with Gasteiger partial charge in [-0.3, -0.25) is 4.99 Å².